The van der Waals surface area contributed by atoms with Crippen molar-refractivity contribution >= 4 is 0 Å². The van der Waals surface area contributed by atoms with Crippen LogP contribution in [0.25, 0.3) is 0 Å². The molecule has 2 nitrogen and oxygen atoms in total. The highest BCUT2D eigenvalue weighted by Crippen LogP contribution is 2.21. The van der Waals surface area contributed by atoms with E-state index in [4.69, 9.17) is 10.00 Å². The fourth-order valence-electron chi connectivity index (χ4n) is 1.03. The van der Waals surface area contributed by atoms with Crippen molar-refractivity contribution in [2.45, 2.75) is 26.9 Å². The first-order chi connectivity index (χ1) is 7.04. The zero-order valence-electron chi connectivity index (χ0n) is 9.12. The molecule has 0 radical (unpaired) electrons. The number of rotatable bonds is 3. The zero-order chi connectivity index (χ0) is 11.4. The Labute approximate surface area is 89.3 Å². The van der Waals surface area contributed by atoms with Gasteiger partial charge >= 0.3 is 0 Å². The van der Waals surface area contributed by atoms with Gasteiger partial charge in [0.15, 0.2) is 0 Å². The lowest BCUT2D eigenvalue weighted by Gasteiger charge is -2.18. The number of halogens is 1. The van der Waals surface area contributed by atoms with Gasteiger partial charge < -0.3 is 4.74 Å². The van der Waals surface area contributed by atoms with Crippen molar-refractivity contribution < 1.29 is 9.13 Å². The SMILES string of the molecule is CC(C)C(C)Oc1ccc(F)cc1C#N. The van der Waals surface area contributed by atoms with Crippen LogP contribution in [0.2, 0.25) is 0 Å². The average molecular weight is 207 g/mol. The second-order valence-corrected chi connectivity index (χ2v) is 3.82. The van der Waals surface area contributed by atoms with E-state index >= 15 is 0 Å². The molecule has 1 aromatic rings. The minimum Gasteiger partial charge on any atom is -0.489 e. The van der Waals surface area contributed by atoms with Crippen LogP contribution in [-0.2, 0) is 0 Å². The molecule has 0 aliphatic heterocycles. The number of ether oxygens (including phenoxy) is 1. The fourth-order valence-corrected chi connectivity index (χ4v) is 1.03. The van der Waals surface area contributed by atoms with Crippen LogP contribution in [-0.4, -0.2) is 6.10 Å². The fraction of sp³-hybridized carbons (Fsp3) is 0.417. The van der Waals surface area contributed by atoms with Crippen molar-refractivity contribution in [1.29, 1.82) is 5.26 Å². The predicted octanol–water partition coefficient (Wildman–Crippen LogP) is 3.12. The van der Waals surface area contributed by atoms with Crippen molar-refractivity contribution in [2.24, 2.45) is 5.92 Å². The maximum atomic E-state index is 12.8. The van der Waals surface area contributed by atoms with Crippen LogP contribution in [0.3, 0.4) is 0 Å². The van der Waals surface area contributed by atoms with Gasteiger partial charge in [0.25, 0.3) is 0 Å². The van der Waals surface area contributed by atoms with E-state index in [0.29, 0.717) is 11.7 Å². The lowest BCUT2D eigenvalue weighted by Crippen LogP contribution is -2.19. The van der Waals surface area contributed by atoms with E-state index in [1.54, 1.807) is 0 Å². The van der Waals surface area contributed by atoms with Crippen LogP contribution in [0.4, 0.5) is 4.39 Å². The lowest BCUT2D eigenvalue weighted by atomic mass is 10.1. The van der Waals surface area contributed by atoms with E-state index in [0.717, 1.165) is 0 Å². The topological polar surface area (TPSA) is 33.0 Å². The normalized spacial score (nSPS) is 12.3. The minimum absolute atomic E-state index is 0.00237. The second kappa shape index (κ2) is 4.79. The molecule has 0 bridgehead atoms. The standard InChI is InChI=1S/C12H14FNO/c1-8(2)9(3)15-12-5-4-11(13)6-10(12)7-14/h4-6,8-9H,1-3H3. The van der Waals surface area contributed by atoms with Crippen LogP contribution in [0.5, 0.6) is 5.75 Å². The van der Waals surface area contributed by atoms with E-state index in [1.807, 2.05) is 26.8 Å². The van der Waals surface area contributed by atoms with Gasteiger partial charge in [-0.1, -0.05) is 13.8 Å². The van der Waals surface area contributed by atoms with E-state index in [2.05, 4.69) is 0 Å². The number of hydrogen-bond donors (Lipinski definition) is 0. The number of nitrogens with zero attached hydrogens (tertiary/aromatic N) is 1. The molecule has 0 saturated heterocycles. The second-order valence-electron chi connectivity index (χ2n) is 3.82. The quantitative estimate of drug-likeness (QED) is 0.762. The predicted molar refractivity (Wildman–Crippen MR) is 56.0 cm³/mol. The van der Waals surface area contributed by atoms with Gasteiger partial charge in [-0.05, 0) is 31.0 Å². The molecule has 0 spiro atoms. The van der Waals surface area contributed by atoms with E-state index in [-0.39, 0.29) is 11.7 Å². The van der Waals surface area contributed by atoms with Crippen molar-refractivity contribution in [3.05, 3.63) is 29.6 Å². The number of benzene rings is 1. The van der Waals surface area contributed by atoms with Gasteiger partial charge in [-0.15, -0.1) is 0 Å². The summed E-state index contributed by atoms with van der Waals surface area (Å²) in [6.07, 6.45) is 0.00237. The summed E-state index contributed by atoms with van der Waals surface area (Å²) in [6, 6.07) is 5.89. The van der Waals surface area contributed by atoms with Gasteiger partial charge in [0, 0.05) is 0 Å². The molecule has 1 rings (SSSR count). The summed E-state index contributed by atoms with van der Waals surface area (Å²) in [5.41, 5.74) is 0.238. The molecule has 0 aliphatic carbocycles. The van der Waals surface area contributed by atoms with E-state index in [1.165, 1.54) is 18.2 Å². The Hall–Kier alpha value is -1.56. The molecule has 0 amide bonds. The summed E-state index contributed by atoms with van der Waals surface area (Å²) >= 11 is 0. The smallest absolute Gasteiger partial charge is 0.137 e. The molecule has 0 N–H and O–H groups in total. The highest BCUT2D eigenvalue weighted by Gasteiger charge is 2.12. The monoisotopic (exact) mass is 207 g/mol. The molecule has 0 aromatic heterocycles. The Morgan fingerprint density at radius 3 is 2.53 bits per heavy atom. The number of hydrogen-bond acceptors (Lipinski definition) is 2. The first kappa shape index (κ1) is 11.5. The van der Waals surface area contributed by atoms with Gasteiger partial charge in [-0.2, -0.15) is 5.26 Å². The summed E-state index contributed by atoms with van der Waals surface area (Å²) in [5.74, 6) is 0.373. The van der Waals surface area contributed by atoms with Gasteiger partial charge in [0.2, 0.25) is 0 Å². The third kappa shape index (κ3) is 2.95. The first-order valence-corrected chi connectivity index (χ1v) is 4.91. The molecular weight excluding hydrogens is 193 g/mol. The summed E-state index contributed by atoms with van der Waals surface area (Å²) in [4.78, 5) is 0. The van der Waals surface area contributed by atoms with E-state index < -0.39 is 5.82 Å². The van der Waals surface area contributed by atoms with Gasteiger partial charge in [-0.25, -0.2) is 4.39 Å². The van der Waals surface area contributed by atoms with Crippen LogP contribution in [0.15, 0.2) is 18.2 Å². The summed E-state index contributed by atoms with van der Waals surface area (Å²) in [6.45, 7) is 5.98. The van der Waals surface area contributed by atoms with Gasteiger partial charge in [-0.3, -0.25) is 0 Å². The molecular formula is C12H14FNO. The zero-order valence-corrected chi connectivity index (χ0v) is 9.12. The van der Waals surface area contributed by atoms with Gasteiger partial charge in [0.1, 0.15) is 17.6 Å². The molecule has 15 heavy (non-hydrogen) atoms. The Kier molecular flexibility index (Phi) is 3.68. The van der Waals surface area contributed by atoms with Crippen LogP contribution in [0, 0.1) is 23.1 Å². The molecule has 1 aromatic carbocycles. The maximum absolute atomic E-state index is 12.8. The molecule has 1 atom stereocenters. The maximum Gasteiger partial charge on any atom is 0.137 e. The molecule has 0 fully saturated rings. The third-order valence-corrected chi connectivity index (χ3v) is 2.31. The Bertz CT molecular complexity index is 382. The highest BCUT2D eigenvalue weighted by molar-refractivity contribution is 5.43. The van der Waals surface area contributed by atoms with Crippen molar-refractivity contribution in [2.75, 3.05) is 0 Å². The Balaban J connectivity index is 2.91. The van der Waals surface area contributed by atoms with Crippen LogP contribution < -0.4 is 4.74 Å². The molecule has 3 heteroatoms. The van der Waals surface area contributed by atoms with Crippen LogP contribution >= 0.6 is 0 Å². The summed E-state index contributed by atoms with van der Waals surface area (Å²) in [7, 11) is 0. The Morgan fingerprint density at radius 1 is 1.33 bits per heavy atom. The largest absolute Gasteiger partial charge is 0.489 e. The number of nitriles is 1. The van der Waals surface area contributed by atoms with Crippen molar-refractivity contribution in [3.8, 4) is 11.8 Å². The van der Waals surface area contributed by atoms with E-state index in [9.17, 15) is 4.39 Å². The van der Waals surface area contributed by atoms with Crippen molar-refractivity contribution in [3.63, 3.8) is 0 Å². The molecule has 0 aliphatic rings. The highest BCUT2D eigenvalue weighted by atomic mass is 19.1. The molecule has 80 valence electrons. The minimum atomic E-state index is -0.420. The van der Waals surface area contributed by atoms with Crippen molar-refractivity contribution in [1.82, 2.24) is 0 Å². The summed E-state index contributed by atoms with van der Waals surface area (Å²) < 4.78 is 18.4. The lowest BCUT2D eigenvalue weighted by molar-refractivity contribution is 0.170. The van der Waals surface area contributed by atoms with Gasteiger partial charge in [0.05, 0.1) is 11.7 Å². The summed E-state index contributed by atoms with van der Waals surface area (Å²) in [5, 5.41) is 8.80. The third-order valence-electron chi connectivity index (χ3n) is 2.31. The molecule has 0 heterocycles. The first-order valence-electron chi connectivity index (χ1n) is 4.91. The molecule has 0 saturated carbocycles. The molecule has 1 unspecified atom stereocenters. The van der Waals surface area contributed by atoms with Crippen LogP contribution in [0.1, 0.15) is 26.3 Å². The average Bonchev–Trinajstić information content (AvgIpc) is 2.20. The Morgan fingerprint density at radius 2 is 2.00 bits per heavy atom.